The van der Waals surface area contributed by atoms with E-state index in [1.54, 1.807) is 0 Å². The fourth-order valence-electron chi connectivity index (χ4n) is 1.29. The molecule has 0 aliphatic carbocycles. The van der Waals surface area contributed by atoms with Crippen molar-refractivity contribution in [3.05, 3.63) is 35.9 Å². The molecule has 0 bridgehead atoms. The zero-order valence-electron chi connectivity index (χ0n) is 7.16. The minimum atomic E-state index is -0.247. The van der Waals surface area contributed by atoms with Crippen molar-refractivity contribution in [2.75, 3.05) is 0 Å². The maximum absolute atomic E-state index is 11.0. The Morgan fingerprint density at radius 2 is 2.00 bits per heavy atom. The van der Waals surface area contributed by atoms with Crippen LogP contribution in [0.2, 0.25) is 0 Å². The summed E-state index contributed by atoms with van der Waals surface area (Å²) in [4.78, 5) is 11.0. The molecule has 12 heavy (non-hydrogen) atoms. The van der Waals surface area contributed by atoms with Crippen LogP contribution in [-0.2, 0) is 4.79 Å². The van der Waals surface area contributed by atoms with Crippen LogP contribution in [0.25, 0.3) is 0 Å². The van der Waals surface area contributed by atoms with Crippen molar-refractivity contribution in [3.63, 3.8) is 0 Å². The molecule has 2 nitrogen and oxygen atoms in total. The van der Waals surface area contributed by atoms with Gasteiger partial charge in [-0.05, 0) is 12.0 Å². The van der Waals surface area contributed by atoms with Gasteiger partial charge >= 0.3 is 0 Å². The number of amides is 1. The second kappa shape index (κ2) is 3.90. The van der Waals surface area contributed by atoms with Gasteiger partial charge in [0, 0.05) is 0 Å². The van der Waals surface area contributed by atoms with Gasteiger partial charge in [-0.25, -0.2) is 0 Å². The summed E-state index contributed by atoms with van der Waals surface area (Å²) in [5, 5.41) is 0. The fourth-order valence-corrected chi connectivity index (χ4v) is 1.29. The van der Waals surface area contributed by atoms with E-state index in [0.717, 1.165) is 12.0 Å². The summed E-state index contributed by atoms with van der Waals surface area (Å²) in [6, 6.07) is 9.62. The number of benzene rings is 1. The highest BCUT2D eigenvalue weighted by molar-refractivity contribution is 5.81. The smallest absolute Gasteiger partial charge is 0.224 e. The Morgan fingerprint density at radius 1 is 1.42 bits per heavy atom. The van der Waals surface area contributed by atoms with Crippen LogP contribution in [0.1, 0.15) is 24.8 Å². The highest BCUT2D eigenvalue weighted by Crippen LogP contribution is 2.17. The van der Waals surface area contributed by atoms with E-state index in [9.17, 15) is 4.79 Å². The summed E-state index contributed by atoms with van der Waals surface area (Å²) in [5.41, 5.74) is 6.25. The van der Waals surface area contributed by atoms with Crippen LogP contribution in [0.5, 0.6) is 0 Å². The quantitative estimate of drug-likeness (QED) is 0.723. The lowest BCUT2D eigenvalue weighted by molar-refractivity contribution is -0.119. The molecule has 1 rings (SSSR count). The molecular formula is C10H13NO. The van der Waals surface area contributed by atoms with Gasteiger partial charge in [-0.3, -0.25) is 4.79 Å². The molecule has 0 aliphatic heterocycles. The minimum Gasteiger partial charge on any atom is -0.369 e. The first-order chi connectivity index (χ1) is 5.75. The predicted octanol–water partition coefficient (Wildman–Crippen LogP) is 1.67. The van der Waals surface area contributed by atoms with Gasteiger partial charge in [-0.2, -0.15) is 0 Å². The van der Waals surface area contributed by atoms with E-state index in [0.29, 0.717) is 0 Å². The summed E-state index contributed by atoms with van der Waals surface area (Å²) in [5.74, 6) is -0.380. The Kier molecular flexibility index (Phi) is 2.86. The lowest BCUT2D eigenvalue weighted by atomic mass is 9.96. The molecule has 2 N–H and O–H groups in total. The summed E-state index contributed by atoms with van der Waals surface area (Å²) in [6.45, 7) is 1.96. The van der Waals surface area contributed by atoms with Crippen LogP contribution in [0, 0.1) is 0 Å². The first-order valence-electron chi connectivity index (χ1n) is 4.10. The highest BCUT2D eigenvalue weighted by Gasteiger charge is 2.13. The zero-order valence-corrected chi connectivity index (χ0v) is 7.16. The summed E-state index contributed by atoms with van der Waals surface area (Å²) < 4.78 is 0. The van der Waals surface area contributed by atoms with Crippen LogP contribution in [0.15, 0.2) is 30.3 Å². The second-order valence-electron chi connectivity index (χ2n) is 2.77. The van der Waals surface area contributed by atoms with E-state index in [1.807, 2.05) is 37.3 Å². The summed E-state index contributed by atoms with van der Waals surface area (Å²) >= 11 is 0. The number of carbonyl (C=O) groups is 1. The van der Waals surface area contributed by atoms with E-state index in [1.165, 1.54) is 0 Å². The zero-order chi connectivity index (χ0) is 8.97. The van der Waals surface area contributed by atoms with Crippen molar-refractivity contribution in [3.8, 4) is 0 Å². The van der Waals surface area contributed by atoms with Crippen LogP contribution in [0.3, 0.4) is 0 Å². The van der Waals surface area contributed by atoms with Crippen LogP contribution in [-0.4, -0.2) is 5.91 Å². The topological polar surface area (TPSA) is 43.1 Å². The molecule has 64 valence electrons. The molecule has 0 heterocycles. The Morgan fingerprint density at radius 3 is 2.42 bits per heavy atom. The minimum absolute atomic E-state index is 0.133. The van der Waals surface area contributed by atoms with Gasteiger partial charge in [0.05, 0.1) is 5.92 Å². The number of primary amides is 1. The molecule has 0 saturated heterocycles. The Labute approximate surface area is 72.4 Å². The lowest BCUT2D eigenvalue weighted by Crippen LogP contribution is -2.20. The molecule has 1 aromatic rings. The fraction of sp³-hybridized carbons (Fsp3) is 0.300. The van der Waals surface area contributed by atoms with Crippen molar-refractivity contribution >= 4 is 5.91 Å². The highest BCUT2D eigenvalue weighted by atomic mass is 16.1. The Hall–Kier alpha value is -1.31. The number of hydrogen-bond acceptors (Lipinski definition) is 1. The number of hydrogen-bond donors (Lipinski definition) is 1. The standard InChI is InChI=1S/C10H13NO/c1-2-9(10(11)12)8-6-4-3-5-7-8/h3-7,9H,2H2,1H3,(H2,11,12)/t9-/m1/s1. The summed E-state index contributed by atoms with van der Waals surface area (Å²) in [7, 11) is 0. The molecule has 0 unspecified atom stereocenters. The predicted molar refractivity (Wildman–Crippen MR) is 48.7 cm³/mol. The normalized spacial score (nSPS) is 12.4. The number of nitrogens with two attached hydrogens (primary N) is 1. The van der Waals surface area contributed by atoms with E-state index in [4.69, 9.17) is 5.73 Å². The SMILES string of the molecule is CC[C@@H](C(N)=O)c1ccccc1. The Bertz CT molecular complexity index is 256. The van der Waals surface area contributed by atoms with Crippen LogP contribution < -0.4 is 5.73 Å². The van der Waals surface area contributed by atoms with Gasteiger partial charge in [0.2, 0.25) is 5.91 Å². The van der Waals surface area contributed by atoms with Crippen LogP contribution in [0.4, 0.5) is 0 Å². The molecule has 1 aromatic carbocycles. The van der Waals surface area contributed by atoms with Gasteiger partial charge in [-0.15, -0.1) is 0 Å². The van der Waals surface area contributed by atoms with Crippen LogP contribution >= 0.6 is 0 Å². The molecule has 0 radical (unpaired) electrons. The van der Waals surface area contributed by atoms with E-state index < -0.39 is 0 Å². The average Bonchev–Trinajstić information content (AvgIpc) is 2.07. The maximum Gasteiger partial charge on any atom is 0.224 e. The van der Waals surface area contributed by atoms with Crippen molar-refractivity contribution < 1.29 is 4.79 Å². The van der Waals surface area contributed by atoms with Crippen molar-refractivity contribution in [1.82, 2.24) is 0 Å². The first-order valence-corrected chi connectivity index (χ1v) is 4.10. The van der Waals surface area contributed by atoms with Crippen molar-refractivity contribution in [1.29, 1.82) is 0 Å². The van der Waals surface area contributed by atoms with E-state index >= 15 is 0 Å². The molecule has 0 aromatic heterocycles. The maximum atomic E-state index is 11.0. The second-order valence-corrected chi connectivity index (χ2v) is 2.77. The average molecular weight is 163 g/mol. The van der Waals surface area contributed by atoms with E-state index in [-0.39, 0.29) is 11.8 Å². The van der Waals surface area contributed by atoms with Gasteiger partial charge in [0.1, 0.15) is 0 Å². The van der Waals surface area contributed by atoms with Gasteiger partial charge in [0.25, 0.3) is 0 Å². The molecule has 1 amide bonds. The third-order valence-electron chi connectivity index (χ3n) is 1.95. The van der Waals surface area contributed by atoms with Gasteiger partial charge in [0.15, 0.2) is 0 Å². The molecule has 0 aliphatic rings. The van der Waals surface area contributed by atoms with E-state index in [2.05, 4.69) is 0 Å². The lowest BCUT2D eigenvalue weighted by Gasteiger charge is -2.09. The molecule has 1 atom stereocenters. The molecule has 2 heteroatoms. The van der Waals surface area contributed by atoms with Gasteiger partial charge in [-0.1, -0.05) is 37.3 Å². The number of carbonyl (C=O) groups excluding carboxylic acids is 1. The van der Waals surface area contributed by atoms with Gasteiger partial charge < -0.3 is 5.73 Å². The largest absolute Gasteiger partial charge is 0.369 e. The third-order valence-corrected chi connectivity index (χ3v) is 1.95. The molecule has 0 fully saturated rings. The molecular weight excluding hydrogens is 150 g/mol. The Balaban J connectivity index is 2.88. The molecule has 0 saturated carbocycles. The van der Waals surface area contributed by atoms with Crippen molar-refractivity contribution in [2.24, 2.45) is 5.73 Å². The number of rotatable bonds is 3. The summed E-state index contributed by atoms with van der Waals surface area (Å²) in [6.07, 6.45) is 0.763. The first kappa shape index (κ1) is 8.78. The van der Waals surface area contributed by atoms with Crippen molar-refractivity contribution in [2.45, 2.75) is 19.3 Å². The molecule has 0 spiro atoms. The monoisotopic (exact) mass is 163 g/mol. The third kappa shape index (κ3) is 1.84.